The van der Waals surface area contributed by atoms with Crippen LogP contribution in [-0.2, 0) is 13.0 Å². The standard InChI is InChI=1S/C19H22F3N3O2/c1-26-16-8-6-14(7-9-16)10-11-24-18(23)25-12-15-4-2-3-5-17(15)27-13-19(20,21)22/h2-9H,10-13H2,1H3,(H3,23,24,25). The SMILES string of the molecule is COc1ccc(CCNC(N)=NCc2ccccc2OCC(F)(F)F)cc1. The van der Waals surface area contributed by atoms with Crippen molar-refractivity contribution in [3.63, 3.8) is 0 Å². The molecule has 3 N–H and O–H groups in total. The van der Waals surface area contributed by atoms with Crippen molar-refractivity contribution in [1.82, 2.24) is 5.32 Å². The van der Waals surface area contributed by atoms with Gasteiger partial charge in [-0.25, -0.2) is 4.99 Å². The van der Waals surface area contributed by atoms with Crippen LogP contribution in [0.2, 0.25) is 0 Å². The Morgan fingerprint density at radius 3 is 2.48 bits per heavy atom. The van der Waals surface area contributed by atoms with Crippen LogP contribution in [0, 0.1) is 0 Å². The second kappa shape index (κ2) is 9.70. The third-order valence-corrected chi connectivity index (χ3v) is 3.66. The van der Waals surface area contributed by atoms with Crippen LogP contribution in [0.25, 0.3) is 0 Å². The van der Waals surface area contributed by atoms with Crippen LogP contribution in [0.15, 0.2) is 53.5 Å². The van der Waals surface area contributed by atoms with E-state index in [1.54, 1.807) is 25.3 Å². The summed E-state index contributed by atoms with van der Waals surface area (Å²) in [5, 5.41) is 2.98. The summed E-state index contributed by atoms with van der Waals surface area (Å²) in [6, 6.07) is 14.1. The Morgan fingerprint density at radius 2 is 1.81 bits per heavy atom. The molecule has 0 aromatic heterocycles. The highest BCUT2D eigenvalue weighted by molar-refractivity contribution is 5.77. The van der Waals surface area contributed by atoms with Crippen molar-refractivity contribution in [2.24, 2.45) is 10.7 Å². The Hall–Kier alpha value is -2.90. The fraction of sp³-hybridized carbons (Fsp3) is 0.316. The molecule has 2 aromatic carbocycles. The largest absolute Gasteiger partial charge is 0.497 e. The summed E-state index contributed by atoms with van der Waals surface area (Å²) < 4.78 is 46.9. The summed E-state index contributed by atoms with van der Waals surface area (Å²) in [6.07, 6.45) is -3.65. The molecule has 0 fully saturated rings. The first-order valence-corrected chi connectivity index (χ1v) is 8.31. The maximum Gasteiger partial charge on any atom is 0.422 e. The molecule has 0 saturated carbocycles. The van der Waals surface area contributed by atoms with Gasteiger partial charge in [0.15, 0.2) is 12.6 Å². The molecule has 0 radical (unpaired) electrons. The van der Waals surface area contributed by atoms with Crippen LogP contribution in [0.1, 0.15) is 11.1 Å². The molecule has 0 heterocycles. The molecular weight excluding hydrogens is 359 g/mol. The van der Waals surface area contributed by atoms with E-state index < -0.39 is 12.8 Å². The van der Waals surface area contributed by atoms with Gasteiger partial charge in [0.2, 0.25) is 0 Å². The molecule has 27 heavy (non-hydrogen) atoms. The van der Waals surface area contributed by atoms with E-state index in [-0.39, 0.29) is 18.3 Å². The maximum absolute atomic E-state index is 12.3. The molecule has 2 rings (SSSR count). The summed E-state index contributed by atoms with van der Waals surface area (Å²) >= 11 is 0. The minimum Gasteiger partial charge on any atom is -0.497 e. The van der Waals surface area contributed by atoms with E-state index in [0.717, 1.165) is 17.7 Å². The maximum atomic E-state index is 12.3. The molecular formula is C19H22F3N3O2. The number of alkyl halides is 3. The third-order valence-electron chi connectivity index (χ3n) is 3.66. The number of hydrogen-bond donors (Lipinski definition) is 2. The van der Waals surface area contributed by atoms with Crippen molar-refractivity contribution in [2.75, 3.05) is 20.3 Å². The highest BCUT2D eigenvalue weighted by Gasteiger charge is 2.28. The van der Waals surface area contributed by atoms with E-state index in [2.05, 4.69) is 10.3 Å². The first-order valence-electron chi connectivity index (χ1n) is 8.31. The number of nitrogens with two attached hydrogens (primary N) is 1. The van der Waals surface area contributed by atoms with E-state index in [1.807, 2.05) is 24.3 Å². The van der Waals surface area contributed by atoms with Crippen LogP contribution in [0.4, 0.5) is 13.2 Å². The lowest BCUT2D eigenvalue weighted by Crippen LogP contribution is -2.33. The molecule has 5 nitrogen and oxygen atoms in total. The molecule has 0 unspecified atom stereocenters. The number of hydrogen-bond acceptors (Lipinski definition) is 3. The van der Waals surface area contributed by atoms with Crippen LogP contribution >= 0.6 is 0 Å². The van der Waals surface area contributed by atoms with Crippen LogP contribution < -0.4 is 20.5 Å². The first kappa shape index (κ1) is 20.4. The number of nitrogens with zero attached hydrogens (tertiary/aromatic N) is 1. The van der Waals surface area contributed by atoms with Gasteiger partial charge in [0.25, 0.3) is 0 Å². The van der Waals surface area contributed by atoms with E-state index in [9.17, 15) is 13.2 Å². The fourth-order valence-corrected chi connectivity index (χ4v) is 2.29. The molecule has 2 aromatic rings. The summed E-state index contributed by atoms with van der Waals surface area (Å²) in [7, 11) is 1.61. The molecule has 0 atom stereocenters. The average Bonchev–Trinajstić information content (AvgIpc) is 2.65. The predicted molar refractivity (Wildman–Crippen MR) is 98.0 cm³/mol. The summed E-state index contributed by atoms with van der Waals surface area (Å²) in [4.78, 5) is 4.16. The number of guanidine groups is 1. The quantitative estimate of drug-likeness (QED) is 0.544. The predicted octanol–water partition coefficient (Wildman–Crippen LogP) is 3.28. The first-order chi connectivity index (χ1) is 12.9. The van der Waals surface area contributed by atoms with Gasteiger partial charge in [-0.15, -0.1) is 0 Å². The van der Waals surface area contributed by atoms with E-state index in [4.69, 9.17) is 15.2 Å². The number of methoxy groups -OCH3 is 1. The average molecular weight is 381 g/mol. The van der Waals surface area contributed by atoms with E-state index in [0.29, 0.717) is 12.1 Å². The lowest BCUT2D eigenvalue weighted by Gasteiger charge is -2.12. The van der Waals surface area contributed by atoms with Crippen LogP contribution in [0.5, 0.6) is 11.5 Å². The van der Waals surface area contributed by atoms with Gasteiger partial charge in [0.05, 0.1) is 13.7 Å². The molecule has 8 heteroatoms. The molecule has 0 amide bonds. The van der Waals surface area contributed by atoms with Crippen molar-refractivity contribution in [3.8, 4) is 11.5 Å². The molecule has 146 valence electrons. The Labute approximate surface area is 156 Å². The van der Waals surface area contributed by atoms with Gasteiger partial charge in [-0.3, -0.25) is 0 Å². The van der Waals surface area contributed by atoms with Crippen molar-refractivity contribution in [1.29, 1.82) is 0 Å². The number of ether oxygens (including phenoxy) is 2. The topological polar surface area (TPSA) is 68.9 Å². The lowest BCUT2D eigenvalue weighted by atomic mass is 10.1. The van der Waals surface area contributed by atoms with Crippen LogP contribution in [-0.4, -0.2) is 32.4 Å². The summed E-state index contributed by atoms with van der Waals surface area (Å²) in [5.74, 6) is 1.15. The Bertz CT molecular complexity index is 747. The van der Waals surface area contributed by atoms with Gasteiger partial charge >= 0.3 is 6.18 Å². The second-order valence-electron chi connectivity index (χ2n) is 5.74. The smallest absolute Gasteiger partial charge is 0.422 e. The highest BCUT2D eigenvalue weighted by Crippen LogP contribution is 2.22. The minimum absolute atomic E-state index is 0.120. The normalized spacial score (nSPS) is 11.9. The second-order valence-corrected chi connectivity index (χ2v) is 5.74. The van der Waals surface area contributed by atoms with Gasteiger partial charge in [-0.2, -0.15) is 13.2 Å². The van der Waals surface area contributed by atoms with Crippen LogP contribution in [0.3, 0.4) is 0 Å². The number of benzene rings is 2. The zero-order valence-corrected chi connectivity index (χ0v) is 14.9. The van der Waals surface area contributed by atoms with E-state index >= 15 is 0 Å². The van der Waals surface area contributed by atoms with Crippen molar-refractivity contribution < 1.29 is 22.6 Å². The number of nitrogens with one attached hydrogen (secondary N) is 1. The van der Waals surface area contributed by atoms with Crippen molar-refractivity contribution in [3.05, 3.63) is 59.7 Å². The molecule has 0 bridgehead atoms. The molecule has 0 aliphatic carbocycles. The zero-order chi connectivity index (χ0) is 19.7. The van der Waals surface area contributed by atoms with Gasteiger partial charge in [-0.1, -0.05) is 30.3 Å². The molecule has 0 spiro atoms. The van der Waals surface area contributed by atoms with Gasteiger partial charge in [0.1, 0.15) is 11.5 Å². The molecule has 0 aliphatic rings. The lowest BCUT2D eigenvalue weighted by molar-refractivity contribution is -0.153. The Balaban J connectivity index is 1.84. The molecule has 0 aliphatic heterocycles. The number of para-hydroxylation sites is 1. The highest BCUT2D eigenvalue weighted by atomic mass is 19.4. The summed E-state index contributed by atoms with van der Waals surface area (Å²) in [6.45, 7) is -0.646. The van der Waals surface area contributed by atoms with Crippen molar-refractivity contribution >= 4 is 5.96 Å². The number of rotatable bonds is 8. The van der Waals surface area contributed by atoms with Gasteiger partial charge in [0, 0.05) is 12.1 Å². The minimum atomic E-state index is -4.39. The Morgan fingerprint density at radius 1 is 1.11 bits per heavy atom. The molecule has 0 saturated heterocycles. The fourth-order valence-electron chi connectivity index (χ4n) is 2.29. The van der Waals surface area contributed by atoms with Gasteiger partial charge < -0.3 is 20.5 Å². The Kier molecular flexibility index (Phi) is 7.34. The number of aliphatic imine (C=N–C) groups is 1. The monoisotopic (exact) mass is 381 g/mol. The van der Waals surface area contributed by atoms with Gasteiger partial charge in [-0.05, 0) is 30.2 Å². The zero-order valence-electron chi connectivity index (χ0n) is 14.9. The van der Waals surface area contributed by atoms with Crippen molar-refractivity contribution in [2.45, 2.75) is 19.1 Å². The number of halogens is 3. The summed E-state index contributed by atoms with van der Waals surface area (Å²) in [5.41, 5.74) is 7.46. The third kappa shape index (κ3) is 7.47. The van der Waals surface area contributed by atoms with E-state index in [1.165, 1.54) is 6.07 Å².